The van der Waals surface area contributed by atoms with E-state index >= 15 is 0 Å². The van der Waals surface area contributed by atoms with Crippen molar-refractivity contribution in [2.24, 2.45) is 5.41 Å². The molecule has 15 heavy (non-hydrogen) atoms. The number of carbonyl (C=O) groups excluding carboxylic acids is 1. The highest BCUT2D eigenvalue weighted by Gasteiger charge is 2.34. The highest BCUT2D eigenvalue weighted by atomic mass is 32.2. The van der Waals surface area contributed by atoms with Crippen molar-refractivity contribution >= 4 is 16.7 Å². The van der Waals surface area contributed by atoms with Gasteiger partial charge in [0.25, 0.3) is 0 Å². The van der Waals surface area contributed by atoms with Gasteiger partial charge in [-0.15, -0.1) is 0 Å². The van der Waals surface area contributed by atoms with Crippen LogP contribution in [0.4, 0.5) is 0 Å². The van der Waals surface area contributed by atoms with E-state index in [1.165, 1.54) is 0 Å². The van der Waals surface area contributed by atoms with Crippen LogP contribution in [-0.4, -0.2) is 41.8 Å². The molecule has 2 unspecified atom stereocenters. The lowest BCUT2D eigenvalue weighted by Crippen LogP contribution is -2.49. The number of nitrogens with one attached hydrogen (secondary N) is 2. The molecular weight excluding hydrogens is 212 g/mol. The molecule has 4 nitrogen and oxygen atoms in total. The van der Waals surface area contributed by atoms with Gasteiger partial charge in [-0.1, -0.05) is 0 Å². The Balaban J connectivity index is 2.34. The second-order valence-corrected chi connectivity index (χ2v) is 5.93. The van der Waals surface area contributed by atoms with Crippen LogP contribution < -0.4 is 10.6 Å². The quantitative estimate of drug-likeness (QED) is 0.710. The highest BCUT2D eigenvalue weighted by Crippen LogP contribution is 2.25. The Morgan fingerprint density at radius 3 is 2.87 bits per heavy atom. The molecule has 1 fully saturated rings. The lowest BCUT2D eigenvalue weighted by molar-refractivity contribution is -0.130. The summed E-state index contributed by atoms with van der Waals surface area (Å²) in [6, 6.07) is 0. The minimum Gasteiger partial charge on any atom is -0.355 e. The Kier molecular flexibility index (Phi) is 4.73. The molecule has 0 aliphatic carbocycles. The zero-order chi connectivity index (χ0) is 11.3. The molecular formula is C10H20N2O2S. The number of carbonyl (C=O) groups is 1. The van der Waals surface area contributed by atoms with Crippen molar-refractivity contribution in [3.63, 3.8) is 0 Å². The molecule has 1 saturated heterocycles. The Morgan fingerprint density at radius 2 is 2.33 bits per heavy atom. The minimum absolute atomic E-state index is 0.0835. The third kappa shape index (κ3) is 3.91. The van der Waals surface area contributed by atoms with Gasteiger partial charge in [0.2, 0.25) is 5.91 Å². The molecule has 88 valence electrons. The van der Waals surface area contributed by atoms with Crippen LogP contribution in [0.25, 0.3) is 0 Å². The fourth-order valence-corrected chi connectivity index (χ4v) is 2.16. The number of hydrogen-bond donors (Lipinski definition) is 2. The van der Waals surface area contributed by atoms with Gasteiger partial charge in [-0.25, -0.2) is 0 Å². The normalized spacial score (nSPS) is 28.4. The fourth-order valence-electron chi connectivity index (χ4n) is 1.77. The lowest BCUT2D eigenvalue weighted by Gasteiger charge is -2.32. The third-order valence-electron chi connectivity index (χ3n) is 2.82. The number of piperidine rings is 1. The number of amides is 1. The molecule has 5 heteroatoms. The molecule has 1 aliphatic rings. The average molecular weight is 232 g/mol. The van der Waals surface area contributed by atoms with Crippen LogP contribution in [0.2, 0.25) is 0 Å². The smallest absolute Gasteiger partial charge is 0.227 e. The monoisotopic (exact) mass is 232 g/mol. The van der Waals surface area contributed by atoms with Crippen molar-refractivity contribution in [3.05, 3.63) is 0 Å². The van der Waals surface area contributed by atoms with Crippen LogP contribution >= 0.6 is 0 Å². The van der Waals surface area contributed by atoms with Crippen LogP contribution in [-0.2, 0) is 15.6 Å². The van der Waals surface area contributed by atoms with Gasteiger partial charge < -0.3 is 10.6 Å². The van der Waals surface area contributed by atoms with Crippen molar-refractivity contribution < 1.29 is 9.00 Å². The van der Waals surface area contributed by atoms with E-state index in [9.17, 15) is 9.00 Å². The van der Waals surface area contributed by atoms with Gasteiger partial charge in [0.1, 0.15) is 0 Å². The second-order valence-electron chi connectivity index (χ2n) is 4.37. The summed E-state index contributed by atoms with van der Waals surface area (Å²) in [4.78, 5) is 11.9. The predicted molar refractivity (Wildman–Crippen MR) is 62.2 cm³/mol. The first-order valence-electron chi connectivity index (χ1n) is 5.34. The molecule has 0 radical (unpaired) electrons. The van der Waals surface area contributed by atoms with Gasteiger partial charge in [-0.2, -0.15) is 0 Å². The van der Waals surface area contributed by atoms with E-state index in [0.29, 0.717) is 12.3 Å². The molecule has 0 bridgehead atoms. The first-order chi connectivity index (χ1) is 7.04. The summed E-state index contributed by atoms with van der Waals surface area (Å²) in [5.41, 5.74) is -0.284. The predicted octanol–water partition coefficient (Wildman–Crippen LogP) is -0.129. The van der Waals surface area contributed by atoms with E-state index in [4.69, 9.17) is 0 Å². The summed E-state index contributed by atoms with van der Waals surface area (Å²) in [5, 5.41) is 6.09. The molecule has 1 aliphatic heterocycles. The molecule has 0 aromatic heterocycles. The molecule has 0 aromatic carbocycles. The topological polar surface area (TPSA) is 58.2 Å². The first kappa shape index (κ1) is 12.6. The molecule has 1 rings (SSSR count). The summed E-state index contributed by atoms with van der Waals surface area (Å²) in [6.45, 7) is 4.24. The van der Waals surface area contributed by atoms with Crippen molar-refractivity contribution in [1.82, 2.24) is 10.6 Å². The average Bonchev–Trinajstić information content (AvgIpc) is 2.18. The second kappa shape index (κ2) is 5.61. The largest absolute Gasteiger partial charge is 0.355 e. The summed E-state index contributed by atoms with van der Waals surface area (Å²) in [7, 11) is -0.831. The van der Waals surface area contributed by atoms with Crippen LogP contribution in [0, 0.1) is 5.41 Å². The summed E-state index contributed by atoms with van der Waals surface area (Å²) < 4.78 is 10.8. The van der Waals surface area contributed by atoms with Gasteiger partial charge in [0.05, 0.1) is 5.41 Å². The van der Waals surface area contributed by atoms with Crippen molar-refractivity contribution in [2.75, 3.05) is 31.6 Å². The van der Waals surface area contributed by atoms with E-state index < -0.39 is 10.8 Å². The zero-order valence-corrected chi connectivity index (χ0v) is 10.3. The van der Waals surface area contributed by atoms with Gasteiger partial charge in [-0.05, 0) is 26.3 Å². The van der Waals surface area contributed by atoms with E-state index in [2.05, 4.69) is 10.6 Å². The maximum Gasteiger partial charge on any atom is 0.227 e. The highest BCUT2D eigenvalue weighted by molar-refractivity contribution is 7.84. The molecule has 2 N–H and O–H groups in total. The molecule has 0 saturated carbocycles. The molecule has 1 amide bonds. The summed E-state index contributed by atoms with van der Waals surface area (Å²) in [5.74, 6) is 0.620. The minimum atomic E-state index is -0.831. The van der Waals surface area contributed by atoms with Crippen LogP contribution in [0.3, 0.4) is 0 Å². The van der Waals surface area contributed by atoms with Gasteiger partial charge in [-0.3, -0.25) is 9.00 Å². The standard InChI is InChI=1S/C10H20N2O2S/c1-10(4-3-5-11-8-10)9(13)12-6-7-15(2)14/h11H,3-8H2,1-2H3,(H,12,13). The Labute approximate surface area is 93.7 Å². The summed E-state index contributed by atoms with van der Waals surface area (Å²) >= 11 is 0. The van der Waals surface area contributed by atoms with Crippen LogP contribution in [0.5, 0.6) is 0 Å². The van der Waals surface area contributed by atoms with Crippen molar-refractivity contribution in [1.29, 1.82) is 0 Å². The third-order valence-corrected chi connectivity index (χ3v) is 3.60. The van der Waals surface area contributed by atoms with Crippen molar-refractivity contribution in [2.45, 2.75) is 19.8 Å². The van der Waals surface area contributed by atoms with E-state index in [-0.39, 0.29) is 11.3 Å². The Hall–Kier alpha value is -0.420. The molecule has 0 aromatic rings. The summed E-state index contributed by atoms with van der Waals surface area (Å²) in [6.07, 6.45) is 3.63. The number of rotatable bonds is 4. The van der Waals surface area contributed by atoms with Crippen LogP contribution in [0.1, 0.15) is 19.8 Å². The van der Waals surface area contributed by atoms with Gasteiger partial charge in [0.15, 0.2) is 0 Å². The van der Waals surface area contributed by atoms with Gasteiger partial charge >= 0.3 is 0 Å². The maximum absolute atomic E-state index is 11.9. The van der Waals surface area contributed by atoms with E-state index in [1.54, 1.807) is 6.26 Å². The Morgan fingerprint density at radius 1 is 1.60 bits per heavy atom. The van der Waals surface area contributed by atoms with Crippen LogP contribution in [0.15, 0.2) is 0 Å². The first-order valence-corrected chi connectivity index (χ1v) is 7.06. The molecule has 2 atom stereocenters. The SMILES string of the molecule is CS(=O)CCNC(=O)C1(C)CCCNC1. The van der Waals surface area contributed by atoms with Crippen molar-refractivity contribution in [3.8, 4) is 0 Å². The van der Waals surface area contributed by atoms with E-state index in [1.807, 2.05) is 6.92 Å². The molecule has 0 spiro atoms. The fraction of sp³-hybridized carbons (Fsp3) is 0.900. The Bertz CT molecular complexity index is 250. The zero-order valence-electron chi connectivity index (χ0n) is 9.47. The molecule has 1 heterocycles. The maximum atomic E-state index is 11.9. The van der Waals surface area contributed by atoms with E-state index in [0.717, 1.165) is 25.9 Å². The van der Waals surface area contributed by atoms with Gasteiger partial charge in [0, 0.05) is 35.9 Å². The lowest BCUT2D eigenvalue weighted by atomic mass is 9.82. The number of hydrogen-bond acceptors (Lipinski definition) is 3.